The van der Waals surface area contributed by atoms with Gasteiger partial charge >= 0.3 is 11.9 Å². The normalized spacial score (nSPS) is 12.4. The fourth-order valence-corrected chi connectivity index (χ4v) is 8.59. The van der Waals surface area contributed by atoms with Crippen LogP contribution in [0.3, 0.4) is 0 Å². The van der Waals surface area contributed by atoms with Gasteiger partial charge in [0.05, 0.1) is 39.0 Å². The average Bonchev–Trinajstić information content (AvgIpc) is 3.22. The lowest BCUT2D eigenvalue weighted by Gasteiger charge is -2.22. The summed E-state index contributed by atoms with van der Waals surface area (Å²) in [6.07, 6.45) is 37.6. The van der Waals surface area contributed by atoms with E-state index in [2.05, 4.69) is 51.6 Å². The van der Waals surface area contributed by atoms with E-state index >= 15 is 0 Å². The van der Waals surface area contributed by atoms with Crippen molar-refractivity contribution in [1.82, 2.24) is 9.80 Å². The number of carboxylic acid groups (broad SMARTS) is 1. The van der Waals surface area contributed by atoms with Crippen LogP contribution in [0.5, 0.6) is 0 Å². The van der Waals surface area contributed by atoms with Crippen LogP contribution in [0.25, 0.3) is 0 Å². The van der Waals surface area contributed by atoms with Crippen LogP contribution in [0, 0.1) is 17.8 Å². The summed E-state index contributed by atoms with van der Waals surface area (Å²) in [5.74, 6) is 0.773. The molecule has 0 heterocycles. The van der Waals surface area contributed by atoms with Gasteiger partial charge in [-0.05, 0) is 84.0 Å². The largest absolute Gasteiger partial charge is 0.481 e. The van der Waals surface area contributed by atoms with Crippen molar-refractivity contribution in [2.75, 3.05) is 73.3 Å². The number of hydrogen-bond donors (Lipinski definition) is 1. The maximum Gasteiger partial charge on any atom is 0.306 e. The number of unbranched alkanes of at least 4 members (excludes halogenated alkanes) is 15. The minimum Gasteiger partial charge on any atom is -0.481 e. The first-order chi connectivity index (χ1) is 29.3. The number of carbonyl (C=O) groups excluding carboxylic acids is 1. The van der Waals surface area contributed by atoms with Crippen LogP contribution in [-0.2, 0) is 23.8 Å². The van der Waals surface area contributed by atoms with E-state index in [0.29, 0.717) is 26.2 Å². The molecule has 0 aromatic heterocycles. The number of nitrogens with zero attached hydrogens (tertiary/aromatic N) is 2. The Morgan fingerprint density at radius 3 is 1.35 bits per heavy atom. The minimum atomic E-state index is -0.595. The molecule has 0 aliphatic carbocycles. The van der Waals surface area contributed by atoms with Crippen molar-refractivity contribution in [2.45, 2.75) is 233 Å². The quantitative estimate of drug-likeness (QED) is 0.0478. The Balaban J connectivity index is 4.51. The lowest BCUT2D eigenvalue weighted by Crippen LogP contribution is -2.30. The van der Waals surface area contributed by atoms with Crippen molar-refractivity contribution < 1.29 is 28.9 Å². The van der Waals surface area contributed by atoms with Crippen LogP contribution in [0.15, 0.2) is 0 Å². The standard InChI is InChI=1S/C52H104N2O6/c1-7-11-20-30-48(31-21-12-8-2)34-28-37-50(52(56)57)36-24-17-19-27-40-54(42-45-59-47-46-58-44-41-53(5)6)39-26-18-15-16-25-38-51(55)60-43-29-35-49(32-22-13-9-3)33-23-14-10-4/h48-50H,7-47H2,1-6H3,(H,56,57). The zero-order chi connectivity index (χ0) is 44.2. The lowest BCUT2D eigenvalue weighted by atomic mass is 9.87. The fourth-order valence-electron chi connectivity index (χ4n) is 8.59. The second kappa shape index (κ2) is 45.8. The number of rotatable bonds is 49. The van der Waals surface area contributed by atoms with E-state index in [1.54, 1.807) is 0 Å². The van der Waals surface area contributed by atoms with Crippen molar-refractivity contribution in [3.8, 4) is 0 Å². The summed E-state index contributed by atoms with van der Waals surface area (Å²) in [6, 6.07) is 0. The summed E-state index contributed by atoms with van der Waals surface area (Å²) in [4.78, 5) is 29.2. The maximum absolute atomic E-state index is 12.4. The summed E-state index contributed by atoms with van der Waals surface area (Å²) in [7, 11) is 4.11. The van der Waals surface area contributed by atoms with Gasteiger partial charge in [0.2, 0.25) is 0 Å². The second-order valence-corrected chi connectivity index (χ2v) is 18.6. The van der Waals surface area contributed by atoms with Crippen LogP contribution in [-0.4, -0.2) is 100 Å². The Morgan fingerprint density at radius 1 is 0.433 bits per heavy atom. The predicted molar refractivity (Wildman–Crippen MR) is 256 cm³/mol. The van der Waals surface area contributed by atoms with E-state index < -0.39 is 5.97 Å². The van der Waals surface area contributed by atoms with Gasteiger partial charge in [-0.3, -0.25) is 9.59 Å². The SMILES string of the molecule is CCCCCC(CCCCC)CCCOC(=O)CCCCCCCN(CCCCCCC(CCCC(CCCCC)CCCCC)C(=O)O)CCOCCOCCN(C)C. The molecule has 0 aromatic rings. The molecule has 0 spiro atoms. The summed E-state index contributed by atoms with van der Waals surface area (Å²) in [5, 5.41) is 9.98. The van der Waals surface area contributed by atoms with Crippen molar-refractivity contribution in [2.24, 2.45) is 17.8 Å². The molecule has 0 aromatic carbocycles. The smallest absolute Gasteiger partial charge is 0.306 e. The number of likely N-dealkylation sites (N-methyl/N-ethyl adjacent to an activating group) is 1. The fraction of sp³-hybridized carbons (Fsp3) is 0.962. The molecular formula is C52H104N2O6. The van der Waals surface area contributed by atoms with Crippen molar-refractivity contribution >= 4 is 11.9 Å². The highest BCUT2D eigenvalue weighted by atomic mass is 16.5. The highest BCUT2D eigenvalue weighted by Crippen LogP contribution is 2.26. The van der Waals surface area contributed by atoms with Crippen molar-refractivity contribution in [3.63, 3.8) is 0 Å². The molecule has 0 saturated heterocycles. The molecular weight excluding hydrogens is 749 g/mol. The highest BCUT2D eigenvalue weighted by Gasteiger charge is 2.18. The lowest BCUT2D eigenvalue weighted by molar-refractivity contribution is -0.144. The van der Waals surface area contributed by atoms with E-state index in [4.69, 9.17) is 14.2 Å². The van der Waals surface area contributed by atoms with Crippen LogP contribution in [0.4, 0.5) is 0 Å². The molecule has 0 amide bonds. The van der Waals surface area contributed by atoms with Gasteiger partial charge in [0.1, 0.15) is 0 Å². The van der Waals surface area contributed by atoms with Gasteiger partial charge in [-0.2, -0.15) is 0 Å². The number of carbonyl (C=O) groups is 2. The third-order valence-electron chi connectivity index (χ3n) is 12.6. The van der Waals surface area contributed by atoms with E-state index in [1.165, 1.54) is 122 Å². The number of aliphatic carboxylic acids is 1. The van der Waals surface area contributed by atoms with E-state index in [0.717, 1.165) is 128 Å². The number of ether oxygens (including phenoxy) is 3. The molecule has 0 fully saturated rings. The molecule has 0 bridgehead atoms. The van der Waals surface area contributed by atoms with E-state index in [9.17, 15) is 14.7 Å². The van der Waals surface area contributed by atoms with Crippen molar-refractivity contribution in [3.05, 3.63) is 0 Å². The molecule has 1 atom stereocenters. The molecule has 8 heteroatoms. The minimum absolute atomic E-state index is 0.0178. The topological polar surface area (TPSA) is 88.5 Å². The monoisotopic (exact) mass is 853 g/mol. The van der Waals surface area contributed by atoms with Gasteiger partial charge in [-0.25, -0.2) is 0 Å². The molecule has 60 heavy (non-hydrogen) atoms. The summed E-state index contributed by atoms with van der Waals surface area (Å²) >= 11 is 0. The van der Waals surface area contributed by atoms with Gasteiger partial charge in [-0.15, -0.1) is 0 Å². The molecule has 8 nitrogen and oxygen atoms in total. The average molecular weight is 853 g/mol. The third-order valence-corrected chi connectivity index (χ3v) is 12.6. The zero-order valence-corrected chi connectivity index (χ0v) is 41.1. The van der Waals surface area contributed by atoms with Crippen LogP contribution >= 0.6 is 0 Å². The Morgan fingerprint density at radius 2 is 0.850 bits per heavy atom. The Bertz CT molecular complexity index is 884. The van der Waals surface area contributed by atoms with Gasteiger partial charge in [0.15, 0.2) is 0 Å². The predicted octanol–water partition coefficient (Wildman–Crippen LogP) is 13.9. The van der Waals surface area contributed by atoms with Crippen LogP contribution in [0.1, 0.15) is 233 Å². The Labute approximate surface area is 373 Å². The maximum atomic E-state index is 12.4. The molecule has 1 N–H and O–H groups in total. The summed E-state index contributed by atoms with van der Waals surface area (Å²) in [5.41, 5.74) is 0. The molecule has 0 radical (unpaired) electrons. The number of carboxylic acids is 1. The van der Waals surface area contributed by atoms with E-state index in [1.807, 2.05) is 0 Å². The first-order valence-electron chi connectivity index (χ1n) is 26.2. The van der Waals surface area contributed by atoms with Gasteiger partial charge in [-0.1, -0.05) is 182 Å². The molecule has 1 unspecified atom stereocenters. The molecule has 0 rings (SSSR count). The Kier molecular flexibility index (Phi) is 44.9. The molecule has 0 aliphatic heterocycles. The third kappa shape index (κ3) is 40.8. The molecule has 358 valence electrons. The van der Waals surface area contributed by atoms with Crippen molar-refractivity contribution in [1.29, 1.82) is 0 Å². The number of esters is 1. The second-order valence-electron chi connectivity index (χ2n) is 18.6. The first kappa shape index (κ1) is 58.8. The summed E-state index contributed by atoms with van der Waals surface area (Å²) < 4.78 is 17.3. The first-order valence-corrected chi connectivity index (χ1v) is 26.2. The molecule has 0 aliphatic rings. The summed E-state index contributed by atoms with van der Waals surface area (Å²) in [6.45, 7) is 16.4. The van der Waals surface area contributed by atoms with Gasteiger partial charge in [0.25, 0.3) is 0 Å². The van der Waals surface area contributed by atoms with Gasteiger partial charge in [0, 0.05) is 19.5 Å². The van der Waals surface area contributed by atoms with Crippen LogP contribution < -0.4 is 0 Å². The molecule has 0 saturated carbocycles. The highest BCUT2D eigenvalue weighted by molar-refractivity contribution is 5.70. The van der Waals surface area contributed by atoms with Gasteiger partial charge < -0.3 is 29.1 Å². The van der Waals surface area contributed by atoms with Crippen LogP contribution in [0.2, 0.25) is 0 Å². The number of hydrogen-bond acceptors (Lipinski definition) is 7. The zero-order valence-electron chi connectivity index (χ0n) is 41.1. The Hall–Kier alpha value is -1.22. The van der Waals surface area contributed by atoms with E-state index in [-0.39, 0.29) is 11.9 Å².